The third kappa shape index (κ3) is 5.07. The van der Waals surface area contributed by atoms with Gasteiger partial charge in [0.1, 0.15) is 6.04 Å². The molecule has 1 aliphatic heterocycles. The van der Waals surface area contributed by atoms with Crippen LogP contribution in [0.25, 0.3) is 0 Å². The van der Waals surface area contributed by atoms with Crippen LogP contribution >= 0.6 is 11.6 Å². The highest BCUT2D eigenvalue weighted by Gasteiger charge is 2.32. The summed E-state index contributed by atoms with van der Waals surface area (Å²) < 4.78 is 6.75. The van der Waals surface area contributed by atoms with Crippen molar-refractivity contribution >= 4 is 17.6 Å². The number of esters is 1. The number of carbonyl (C=O) groups is 1. The molecule has 1 saturated heterocycles. The average Bonchev–Trinajstić information content (AvgIpc) is 3.17. The van der Waals surface area contributed by atoms with Crippen molar-refractivity contribution in [1.29, 1.82) is 0 Å². The Hall–Kier alpha value is -1.93. The Bertz CT molecular complexity index is 732. The van der Waals surface area contributed by atoms with Gasteiger partial charge in [0.25, 0.3) is 0 Å². The van der Waals surface area contributed by atoms with Crippen LogP contribution < -0.4 is 0 Å². The molecule has 0 spiro atoms. The molecule has 1 aliphatic rings. The smallest absolute Gasteiger partial charge is 0.327 e. The van der Waals surface area contributed by atoms with Gasteiger partial charge in [0.05, 0.1) is 19.8 Å². The molecule has 2 aromatic rings. The minimum absolute atomic E-state index is 0.310. The van der Waals surface area contributed by atoms with Crippen molar-refractivity contribution in [1.82, 2.24) is 19.6 Å². The van der Waals surface area contributed by atoms with Crippen LogP contribution in [0.2, 0.25) is 5.02 Å². The maximum Gasteiger partial charge on any atom is 0.327 e. The van der Waals surface area contributed by atoms with Gasteiger partial charge in [-0.1, -0.05) is 29.8 Å². The Morgan fingerprint density at radius 3 is 2.59 bits per heavy atom. The highest BCUT2D eigenvalue weighted by molar-refractivity contribution is 6.31. The molecular formula is C19H25ClN4O3. The first-order valence-corrected chi connectivity index (χ1v) is 9.40. The molecule has 0 bridgehead atoms. The number of aliphatic hydroxyl groups is 1. The zero-order chi connectivity index (χ0) is 19.2. The fraction of sp³-hybridized carbons (Fsp3) is 0.474. The molecule has 1 aromatic carbocycles. The maximum absolute atomic E-state index is 12.4. The van der Waals surface area contributed by atoms with Gasteiger partial charge in [-0.05, 0) is 17.7 Å². The van der Waals surface area contributed by atoms with Crippen molar-refractivity contribution in [2.45, 2.75) is 18.7 Å². The second kappa shape index (κ2) is 9.32. The molecular weight excluding hydrogens is 368 g/mol. The lowest BCUT2D eigenvalue weighted by Crippen LogP contribution is -2.51. The van der Waals surface area contributed by atoms with Gasteiger partial charge in [-0.3, -0.25) is 14.5 Å². The number of β-amino-alcohol motifs (C(OH)–C–C–N with tert-alkyl or cyclic N) is 1. The Labute approximate surface area is 164 Å². The third-order valence-corrected chi connectivity index (χ3v) is 5.17. The lowest BCUT2D eigenvalue weighted by molar-refractivity contribution is -0.148. The lowest BCUT2D eigenvalue weighted by Gasteiger charge is -2.39. The summed E-state index contributed by atoms with van der Waals surface area (Å²) in [6.07, 6.45) is 3.05. The Morgan fingerprint density at radius 1 is 1.22 bits per heavy atom. The largest absolute Gasteiger partial charge is 0.468 e. The predicted octanol–water partition coefficient (Wildman–Crippen LogP) is 1.43. The Balaban J connectivity index is 1.59. The standard InChI is InChI=1S/C19H25ClN4O3/c1-27-19(26)18(16-5-2-3-6-17(16)20)23-11-9-22(10-12-23)13-15(25)14-24-8-4-7-21-24/h2-8,15,18,25H,9-14H2,1H3/t15-,18-/m1/s1. The Kier molecular flexibility index (Phi) is 6.84. The van der Waals surface area contributed by atoms with Crippen molar-refractivity contribution < 1.29 is 14.6 Å². The molecule has 7 nitrogen and oxygen atoms in total. The molecule has 0 unspecified atom stereocenters. The monoisotopic (exact) mass is 392 g/mol. The molecule has 1 fully saturated rings. The van der Waals surface area contributed by atoms with Crippen LogP contribution in [0.4, 0.5) is 0 Å². The minimum atomic E-state index is -0.514. The molecule has 2 heterocycles. The van der Waals surface area contributed by atoms with E-state index < -0.39 is 12.1 Å². The number of piperazine rings is 1. The molecule has 8 heteroatoms. The van der Waals surface area contributed by atoms with Crippen LogP contribution in [0, 0.1) is 0 Å². The van der Waals surface area contributed by atoms with Crippen molar-refractivity contribution in [3.8, 4) is 0 Å². The van der Waals surface area contributed by atoms with Crippen LogP contribution in [-0.4, -0.2) is 76.6 Å². The summed E-state index contributed by atoms with van der Waals surface area (Å²) in [5.41, 5.74) is 0.762. The summed E-state index contributed by atoms with van der Waals surface area (Å²) in [7, 11) is 1.40. The molecule has 1 N–H and O–H groups in total. The van der Waals surface area contributed by atoms with E-state index in [1.807, 2.05) is 30.5 Å². The molecule has 0 amide bonds. The molecule has 146 valence electrons. The summed E-state index contributed by atoms with van der Waals surface area (Å²) in [5, 5.41) is 15.0. The number of aromatic nitrogens is 2. The van der Waals surface area contributed by atoms with E-state index in [1.165, 1.54) is 7.11 Å². The Morgan fingerprint density at radius 2 is 1.96 bits per heavy atom. The SMILES string of the molecule is COC(=O)[C@@H](c1ccccc1Cl)N1CCN(C[C@@H](O)Cn2cccn2)CC1. The van der Waals surface area contributed by atoms with Crippen molar-refractivity contribution in [2.75, 3.05) is 39.8 Å². The highest BCUT2D eigenvalue weighted by Crippen LogP contribution is 2.29. The van der Waals surface area contributed by atoms with E-state index >= 15 is 0 Å². The number of benzene rings is 1. The average molecular weight is 393 g/mol. The first-order valence-electron chi connectivity index (χ1n) is 9.02. The van der Waals surface area contributed by atoms with E-state index in [0.717, 1.165) is 18.7 Å². The number of hydrogen-bond acceptors (Lipinski definition) is 6. The fourth-order valence-corrected chi connectivity index (χ4v) is 3.70. The number of nitrogens with zero attached hydrogens (tertiary/aromatic N) is 4. The molecule has 0 aliphatic carbocycles. The van der Waals surface area contributed by atoms with Crippen LogP contribution in [0.1, 0.15) is 11.6 Å². The van der Waals surface area contributed by atoms with Crippen LogP contribution in [0.5, 0.6) is 0 Å². The van der Waals surface area contributed by atoms with Gasteiger partial charge in [-0.2, -0.15) is 5.10 Å². The van der Waals surface area contributed by atoms with Crippen molar-refractivity contribution in [3.05, 3.63) is 53.3 Å². The van der Waals surface area contributed by atoms with Crippen LogP contribution in [0.15, 0.2) is 42.7 Å². The summed E-state index contributed by atoms with van der Waals surface area (Å²) >= 11 is 6.32. The third-order valence-electron chi connectivity index (χ3n) is 4.82. The number of halogens is 1. The lowest BCUT2D eigenvalue weighted by atomic mass is 10.0. The van der Waals surface area contributed by atoms with E-state index in [4.69, 9.17) is 16.3 Å². The van der Waals surface area contributed by atoms with E-state index in [0.29, 0.717) is 31.2 Å². The summed E-state index contributed by atoms with van der Waals surface area (Å²) in [6, 6.07) is 8.70. The molecule has 27 heavy (non-hydrogen) atoms. The molecule has 2 atom stereocenters. The number of aliphatic hydroxyl groups excluding tert-OH is 1. The topological polar surface area (TPSA) is 70.8 Å². The van der Waals surface area contributed by atoms with E-state index in [-0.39, 0.29) is 5.97 Å². The van der Waals surface area contributed by atoms with Gasteiger partial charge in [0, 0.05) is 50.1 Å². The molecule has 0 saturated carbocycles. The zero-order valence-electron chi connectivity index (χ0n) is 15.4. The van der Waals surface area contributed by atoms with Gasteiger partial charge >= 0.3 is 5.97 Å². The molecule has 0 radical (unpaired) electrons. The zero-order valence-corrected chi connectivity index (χ0v) is 16.1. The summed E-state index contributed by atoms with van der Waals surface area (Å²) in [5.74, 6) is -0.310. The number of ether oxygens (including phenoxy) is 1. The second-order valence-corrected chi connectivity index (χ2v) is 7.07. The van der Waals surface area contributed by atoms with Gasteiger partial charge in [-0.15, -0.1) is 0 Å². The van der Waals surface area contributed by atoms with Gasteiger partial charge < -0.3 is 9.84 Å². The number of rotatable bonds is 7. The van der Waals surface area contributed by atoms with E-state index in [2.05, 4.69) is 14.9 Å². The first kappa shape index (κ1) is 19.8. The molecule has 3 rings (SSSR count). The van der Waals surface area contributed by atoms with Gasteiger partial charge in [-0.25, -0.2) is 4.79 Å². The normalized spacial score (nSPS) is 18.2. The maximum atomic E-state index is 12.4. The first-order chi connectivity index (χ1) is 13.1. The van der Waals surface area contributed by atoms with E-state index in [1.54, 1.807) is 16.9 Å². The summed E-state index contributed by atoms with van der Waals surface area (Å²) in [6.45, 7) is 3.95. The predicted molar refractivity (Wildman–Crippen MR) is 102 cm³/mol. The number of methoxy groups -OCH3 is 1. The van der Waals surface area contributed by atoms with Gasteiger partial charge in [0.2, 0.25) is 0 Å². The van der Waals surface area contributed by atoms with Crippen LogP contribution in [0.3, 0.4) is 0 Å². The van der Waals surface area contributed by atoms with Crippen molar-refractivity contribution in [2.24, 2.45) is 0 Å². The fourth-order valence-electron chi connectivity index (χ4n) is 3.47. The van der Waals surface area contributed by atoms with E-state index in [9.17, 15) is 9.90 Å². The number of carbonyl (C=O) groups excluding carboxylic acids is 1. The second-order valence-electron chi connectivity index (χ2n) is 6.67. The van der Waals surface area contributed by atoms with Gasteiger partial charge in [0.15, 0.2) is 0 Å². The summed E-state index contributed by atoms with van der Waals surface area (Å²) in [4.78, 5) is 16.7. The molecule has 1 aromatic heterocycles. The highest BCUT2D eigenvalue weighted by atomic mass is 35.5. The minimum Gasteiger partial charge on any atom is -0.468 e. The van der Waals surface area contributed by atoms with Crippen molar-refractivity contribution in [3.63, 3.8) is 0 Å². The van der Waals surface area contributed by atoms with Crippen LogP contribution in [-0.2, 0) is 16.1 Å². The quantitative estimate of drug-likeness (QED) is 0.719. The number of hydrogen-bond donors (Lipinski definition) is 1.